The number of aromatic nitrogens is 1. The summed E-state index contributed by atoms with van der Waals surface area (Å²) in [5.74, 6) is 1.06. The number of rotatable bonds is 12. The molecule has 2 aromatic rings. The van der Waals surface area contributed by atoms with E-state index in [2.05, 4.69) is 17.2 Å². The standard InChI is InChI=1S/C21H29N3O3/c1-3-4-5-6-7-12-23-14-16-8-10-18(19(13-16)26-2)27-20-11-9-17(15-24-20)21(22)25/h8-11,13,15,23H,3-7,12,14H2,1-2H3,(H2,22,25). The highest BCUT2D eigenvalue weighted by molar-refractivity contribution is 5.92. The van der Waals surface area contributed by atoms with Crippen LogP contribution in [0.4, 0.5) is 0 Å². The minimum atomic E-state index is -0.520. The van der Waals surface area contributed by atoms with Gasteiger partial charge in [-0.1, -0.05) is 38.7 Å². The van der Waals surface area contributed by atoms with Crippen molar-refractivity contribution in [1.29, 1.82) is 0 Å². The van der Waals surface area contributed by atoms with Gasteiger partial charge in [-0.3, -0.25) is 4.79 Å². The van der Waals surface area contributed by atoms with Crippen LogP contribution in [0.3, 0.4) is 0 Å². The molecule has 0 aliphatic rings. The molecule has 6 heteroatoms. The summed E-state index contributed by atoms with van der Waals surface area (Å²) in [5, 5.41) is 3.46. The third-order valence-corrected chi connectivity index (χ3v) is 4.25. The van der Waals surface area contributed by atoms with E-state index >= 15 is 0 Å². The van der Waals surface area contributed by atoms with Crippen LogP contribution in [0, 0.1) is 0 Å². The number of nitrogens with one attached hydrogen (secondary N) is 1. The van der Waals surface area contributed by atoms with Crippen molar-refractivity contribution in [3.8, 4) is 17.4 Å². The van der Waals surface area contributed by atoms with Gasteiger partial charge in [0.15, 0.2) is 11.5 Å². The fourth-order valence-electron chi connectivity index (χ4n) is 2.69. The van der Waals surface area contributed by atoms with Gasteiger partial charge in [-0.2, -0.15) is 0 Å². The lowest BCUT2D eigenvalue weighted by atomic mass is 10.1. The largest absolute Gasteiger partial charge is 0.493 e. The van der Waals surface area contributed by atoms with Gasteiger partial charge in [0.2, 0.25) is 11.8 Å². The number of unbranched alkanes of at least 4 members (excludes halogenated alkanes) is 4. The molecule has 0 spiro atoms. The van der Waals surface area contributed by atoms with Crippen molar-refractivity contribution in [1.82, 2.24) is 10.3 Å². The number of hydrogen-bond donors (Lipinski definition) is 2. The van der Waals surface area contributed by atoms with Crippen LogP contribution in [0.15, 0.2) is 36.5 Å². The first kappa shape index (κ1) is 20.7. The Kier molecular flexibility index (Phi) is 8.58. The molecule has 3 N–H and O–H groups in total. The lowest BCUT2D eigenvalue weighted by Crippen LogP contribution is -2.14. The Bertz CT molecular complexity index is 717. The summed E-state index contributed by atoms with van der Waals surface area (Å²) in [7, 11) is 1.61. The molecule has 0 unspecified atom stereocenters. The van der Waals surface area contributed by atoms with Crippen molar-refractivity contribution in [3.05, 3.63) is 47.7 Å². The number of primary amides is 1. The van der Waals surface area contributed by atoms with Crippen LogP contribution < -0.4 is 20.5 Å². The topological polar surface area (TPSA) is 86.5 Å². The molecule has 0 bridgehead atoms. The number of hydrogen-bond acceptors (Lipinski definition) is 5. The van der Waals surface area contributed by atoms with Crippen molar-refractivity contribution < 1.29 is 14.3 Å². The zero-order chi connectivity index (χ0) is 19.5. The van der Waals surface area contributed by atoms with Crippen molar-refractivity contribution >= 4 is 5.91 Å². The van der Waals surface area contributed by atoms with Gasteiger partial charge in [-0.25, -0.2) is 4.98 Å². The summed E-state index contributed by atoms with van der Waals surface area (Å²) in [5.41, 5.74) is 6.68. The molecule has 0 aliphatic carbocycles. The zero-order valence-corrected chi connectivity index (χ0v) is 16.2. The molecular formula is C21H29N3O3. The molecule has 0 aliphatic heterocycles. The number of pyridine rings is 1. The first-order valence-corrected chi connectivity index (χ1v) is 9.45. The van der Waals surface area contributed by atoms with E-state index in [0.29, 0.717) is 22.9 Å². The Balaban J connectivity index is 1.88. The van der Waals surface area contributed by atoms with Crippen LogP contribution in [0.5, 0.6) is 17.4 Å². The van der Waals surface area contributed by atoms with Crippen LogP contribution in [-0.4, -0.2) is 24.5 Å². The number of amides is 1. The minimum Gasteiger partial charge on any atom is -0.493 e. The van der Waals surface area contributed by atoms with Crippen LogP contribution in [0.1, 0.15) is 54.9 Å². The fraction of sp³-hybridized carbons (Fsp3) is 0.429. The molecular weight excluding hydrogens is 342 g/mol. The van der Waals surface area contributed by atoms with E-state index in [1.165, 1.54) is 38.3 Å². The molecule has 0 saturated carbocycles. The van der Waals surface area contributed by atoms with Gasteiger partial charge < -0.3 is 20.5 Å². The minimum absolute atomic E-state index is 0.338. The summed E-state index contributed by atoms with van der Waals surface area (Å²) < 4.78 is 11.2. The predicted octanol–water partition coefficient (Wildman–Crippen LogP) is 4.04. The summed E-state index contributed by atoms with van der Waals surface area (Å²) >= 11 is 0. The zero-order valence-electron chi connectivity index (χ0n) is 16.2. The van der Waals surface area contributed by atoms with Gasteiger partial charge >= 0.3 is 0 Å². The van der Waals surface area contributed by atoms with Crippen LogP contribution in [0.2, 0.25) is 0 Å². The second kappa shape index (κ2) is 11.2. The highest BCUT2D eigenvalue weighted by Gasteiger charge is 2.09. The molecule has 1 amide bonds. The smallest absolute Gasteiger partial charge is 0.250 e. The van der Waals surface area contributed by atoms with Gasteiger partial charge in [0, 0.05) is 18.8 Å². The number of carbonyl (C=O) groups is 1. The van der Waals surface area contributed by atoms with Crippen molar-refractivity contribution in [2.75, 3.05) is 13.7 Å². The van der Waals surface area contributed by atoms with Gasteiger partial charge in [-0.05, 0) is 36.7 Å². The van der Waals surface area contributed by atoms with E-state index in [-0.39, 0.29) is 0 Å². The van der Waals surface area contributed by atoms with Crippen LogP contribution in [0.25, 0.3) is 0 Å². The summed E-state index contributed by atoms with van der Waals surface area (Å²) in [6, 6.07) is 9.00. The maximum Gasteiger partial charge on any atom is 0.250 e. The molecule has 6 nitrogen and oxygen atoms in total. The van der Waals surface area contributed by atoms with E-state index in [0.717, 1.165) is 18.7 Å². The Hall–Kier alpha value is -2.60. The lowest BCUT2D eigenvalue weighted by Gasteiger charge is -2.12. The highest BCUT2D eigenvalue weighted by Crippen LogP contribution is 2.31. The van der Waals surface area contributed by atoms with Gasteiger partial charge in [0.05, 0.1) is 12.7 Å². The van der Waals surface area contributed by atoms with E-state index in [9.17, 15) is 4.79 Å². The fourth-order valence-corrected chi connectivity index (χ4v) is 2.69. The van der Waals surface area contributed by atoms with Gasteiger partial charge in [-0.15, -0.1) is 0 Å². The monoisotopic (exact) mass is 371 g/mol. The number of benzene rings is 1. The second-order valence-electron chi connectivity index (χ2n) is 6.43. The number of nitrogens with two attached hydrogens (primary N) is 1. The molecule has 0 fully saturated rings. The molecule has 27 heavy (non-hydrogen) atoms. The lowest BCUT2D eigenvalue weighted by molar-refractivity contribution is 0.1000. The maximum absolute atomic E-state index is 11.1. The SMILES string of the molecule is CCCCCCCNCc1ccc(Oc2ccc(C(N)=O)cn2)c(OC)c1. The maximum atomic E-state index is 11.1. The molecule has 146 valence electrons. The summed E-state index contributed by atoms with van der Waals surface area (Å²) in [6.45, 7) is 4.03. The third-order valence-electron chi connectivity index (χ3n) is 4.25. The first-order valence-electron chi connectivity index (χ1n) is 9.45. The third kappa shape index (κ3) is 6.90. The number of nitrogens with zero attached hydrogens (tertiary/aromatic N) is 1. The normalized spacial score (nSPS) is 10.6. The number of methoxy groups -OCH3 is 1. The summed E-state index contributed by atoms with van der Waals surface area (Å²) in [4.78, 5) is 15.2. The quantitative estimate of drug-likeness (QED) is 0.550. The van der Waals surface area contributed by atoms with E-state index < -0.39 is 5.91 Å². The molecule has 1 aromatic heterocycles. The average Bonchev–Trinajstić information content (AvgIpc) is 2.68. The molecule has 1 heterocycles. The van der Waals surface area contributed by atoms with Crippen molar-refractivity contribution in [2.24, 2.45) is 5.73 Å². The molecule has 0 atom stereocenters. The number of carbonyl (C=O) groups excluding carboxylic acids is 1. The average molecular weight is 371 g/mol. The van der Waals surface area contributed by atoms with Crippen molar-refractivity contribution in [3.63, 3.8) is 0 Å². The van der Waals surface area contributed by atoms with E-state index in [1.807, 2.05) is 18.2 Å². The molecule has 0 radical (unpaired) electrons. The second-order valence-corrected chi connectivity index (χ2v) is 6.43. The Morgan fingerprint density at radius 2 is 1.93 bits per heavy atom. The van der Waals surface area contributed by atoms with E-state index in [1.54, 1.807) is 19.2 Å². The van der Waals surface area contributed by atoms with Crippen LogP contribution in [-0.2, 0) is 6.54 Å². The molecule has 1 aromatic carbocycles. The Morgan fingerprint density at radius 3 is 2.59 bits per heavy atom. The van der Waals surface area contributed by atoms with E-state index in [4.69, 9.17) is 15.2 Å². The van der Waals surface area contributed by atoms with Crippen LogP contribution >= 0.6 is 0 Å². The number of ether oxygens (including phenoxy) is 2. The summed E-state index contributed by atoms with van der Waals surface area (Å²) in [6.07, 6.45) is 7.77. The highest BCUT2D eigenvalue weighted by atomic mass is 16.5. The van der Waals surface area contributed by atoms with Gasteiger partial charge in [0.1, 0.15) is 0 Å². The molecule has 2 rings (SSSR count). The predicted molar refractivity (Wildman–Crippen MR) is 106 cm³/mol. The van der Waals surface area contributed by atoms with Crippen molar-refractivity contribution in [2.45, 2.75) is 45.6 Å². The van der Waals surface area contributed by atoms with Gasteiger partial charge in [0.25, 0.3) is 0 Å². The first-order chi connectivity index (χ1) is 13.1. The Labute approximate surface area is 161 Å². The molecule has 0 saturated heterocycles. The Morgan fingerprint density at radius 1 is 1.11 bits per heavy atom.